The Hall–Kier alpha value is -1.58. The van der Waals surface area contributed by atoms with Crippen molar-refractivity contribution in [3.8, 4) is 0 Å². The second-order valence-corrected chi connectivity index (χ2v) is 3.61. The van der Waals surface area contributed by atoms with Gasteiger partial charge in [-0.3, -0.25) is 4.99 Å². The summed E-state index contributed by atoms with van der Waals surface area (Å²) in [5.74, 6) is 0.690. The van der Waals surface area contributed by atoms with Gasteiger partial charge in [-0.15, -0.1) is 0 Å². The monoisotopic (exact) mass is 207 g/mol. The molecule has 0 fully saturated rings. The van der Waals surface area contributed by atoms with Gasteiger partial charge < -0.3 is 10.2 Å². The molecule has 1 heterocycles. The lowest BCUT2D eigenvalue weighted by molar-refractivity contribution is 0.533. The summed E-state index contributed by atoms with van der Waals surface area (Å²) in [5.41, 5.74) is 0.929. The number of aliphatic imine (C=N–C) groups is 1. The second kappa shape index (κ2) is 4.29. The number of guanidine groups is 1. The molecule has 4 heteroatoms. The lowest BCUT2D eigenvalue weighted by atomic mass is 10.2. The van der Waals surface area contributed by atoms with E-state index in [-0.39, 0.29) is 5.82 Å². The van der Waals surface area contributed by atoms with E-state index >= 15 is 0 Å². The van der Waals surface area contributed by atoms with Gasteiger partial charge in [-0.05, 0) is 17.7 Å². The van der Waals surface area contributed by atoms with Crippen LogP contribution in [0.3, 0.4) is 0 Å². The van der Waals surface area contributed by atoms with E-state index in [1.54, 1.807) is 6.07 Å². The zero-order valence-corrected chi connectivity index (χ0v) is 8.70. The Labute approximate surface area is 88.6 Å². The van der Waals surface area contributed by atoms with Crippen molar-refractivity contribution in [1.29, 1.82) is 0 Å². The van der Waals surface area contributed by atoms with Crippen LogP contribution in [0.15, 0.2) is 29.3 Å². The Morgan fingerprint density at radius 1 is 1.53 bits per heavy atom. The van der Waals surface area contributed by atoms with Crippen LogP contribution < -0.4 is 5.32 Å². The maximum atomic E-state index is 12.9. The fourth-order valence-corrected chi connectivity index (χ4v) is 1.55. The van der Waals surface area contributed by atoms with Crippen LogP contribution in [0.4, 0.5) is 4.39 Å². The van der Waals surface area contributed by atoms with E-state index in [2.05, 4.69) is 15.2 Å². The first-order chi connectivity index (χ1) is 7.25. The van der Waals surface area contributed by atoms with Gasteiger partial charge in [0.25, 0.3) is 0 Å². The van der Waals surface area contributed by atoms with Crippen molar-refractivity contribution in [3.05, 3.63) is 35.6 Å². The van der Waals surface area contributed by atoms with E-state index in [0.29, 0.717) is 6.54 Å². The highest BCUT2D eigenvalue weighted by Crippen LogP contribution is 2.03. The summed E-state index contributed by atoms with van der Waals surface area (Å²) in [7, 11) is 1.99. The minimum atomic E-state index is -0.198. The molecule has 0 unspecified atom stereocenters. The van der Waals surface area contributed by atoms with Gasteiger partial charge in [0.2, 0.25) is 0 Å². The van der Waals surface area contributed by atoms with Crippen LogP contribution in [0.25, 0.3) is 0 Å². The predicted octanol–water partition coefficient (Wildman–Crippen LogP) is 1.22. The van der Waals surface area contributed by atoms with Gasteiger partial charge in [0.1, 0.15) is 5.82 Å². The molecule has 0 spiro atoms. The second-order valence-electron chi connectivity index (χ2n) is 3.61. The van der Waals surface area contributed by atoms with Gasteiger partial charge >= 0.3 is 0 Å². The predicted molar refractivity (Wildman–Crippen MR) is 58.2 cm³/mol. The molecule has 80 valence electrons. The van der Waals surface area contributed by atoms with E-state index in [1.165, 1.54) is 12.1 Å². The van der Waals surface area contributed by atoms with Crippen molar-refractivity contribution in [2.45, 2.75) is 6.54 Å². The van der Waals surface area contributed by atoms with E-state index in [1.807, 2.05) is 13.1 Å². The van der Waals surface area contributed by atoms with Crippen molar-refractivity contribution >= 4 is 5.96 Å². The maximum Gasteiger partial charge on any atom is 0.194 e. The first kappa shape index (κ1) is 9.96. The van der Waals surface area contributed by atoms with Crippen LogP contribution in [0.2, 0.25) is 0 Å². The van der Waals surface area contributed by atoms with Crippen molar-refractivity contribution in [2.24, 2.45) is 4.99 Å². The molecule has 0 amide bonds. The molecule has 1 N–H and O–H groups in total. The van der Waals surface area contributed by atoms with Crippen molar-refractivity contribution in [1.82, 2.24) is 10.2 Å². The first-order valence-corrected chi connectivity index (χ1v) is 4.99. The zero-order valence-electron chi connectivity index (χ0n) is 8.70. The molecule has 1 aliphatic heterocycles. The van der Waals surface area contributed by atoms with Gasteiger partial charge in [-0.25, -0.2) is 4.39 Å². The standard InChI is InChI=1S/C11H14FN3/c1-15-6-5-13-11(15)14-8-9-3-2-4-10(12)7-9/h2-4,7H,5-6,8H2,1H3,(H,13,14). The number of nitrogens with one attached hydrogen (secondary N) is 1. The number of nitrogens with zero attached hydrogens (tertiary/aromatic N) is 2. The van der Waals surface area contributed by atoms with E-state index in [4.69, 9.17) is 0 Å². The van der Waals surface area contributed by atoms with E-state index in [9.17, 15) is 4.39 Å². The molecule has 0 atom stereocenters. The quantitative estimate of drug-likeness (QED) is 0.789. The summed E-state index contributed by atoms with van der Waals surface area (Å²) >= 11 is 0. The topological polar surface area (TPSA) is 27.6 Å². The summed E-state index contributed by atoms with van der Waals surface area (Å²) < 4.78 is 12.9. The summed E-state index contributed by atoms with van der Waals surface area (Å²) in [5, 5.41) is 3.18. The third-order valence-electron chi connectivity index (χ3n) is 2.40. The lowest BCUT2D eigenvalue weighted by Gasteiger charge is -2.15. The Bertz CT molecular complexity index is 376. The largest absolute Gasteiger partial charge is 0.352 e. The summed E-state index contributed by atoms with van der Waals surface area (Å²) in [6.07, 6.45) is 0. The molecule has 0 aromatic heterocycles. The third-order valence-corrected chi connectivity index (χ3v) is 2.40. The van der Waals surface area contributed by atoms with Crippen LogP contribution in [0.5, 0.6) is 0 Å². The summed E-state index contributed by atoms with van der Waals surface area (Å²) in [6.45, 7) is 2.40. The Balaban J connectivity index is 1.93. The fraction of sp³-hybridized carbons (Fsp3) is 0.364. The molecule has 1 aromatic carbocycles. The molecule has 2 rings (SSSR count). The third kappa shape index (κ3) is 2.46. The van der Waals surface area contributed by atoms with Crippen molar-refractivity contribution in [2.75, 3.05) is 20.1 Å². The smallest absolute Gasteiger partial charge is 0.194 e. The van der Waals surface area contributed by atoms with Crippen LogP contribution >= 0.6 is 0 Å². The first-order valence-electron chi connectivity index (χ1n) is 4.99. The molecule has 1 aromatic rings. The van der Waals surface area contributed by atoms with Gasteiger partial charge in [-0.2, -0.15) is 0 Å². The minimum absolute atomic E-state index is 0.198. The molecule has 15 heavy (non-hydrogen) atoms. The molecule has 0 bridgehead atoms. The minimum Gasteiger partial charge on any atom is -0.352 e. The molecule has 0 radical (unpaired) electrons. The highest BCUT2D eigenvalue weighted by Gasteiger charge is 2.10. The fourth-order valence-electron chi connectivity index (χ4n) is 1.55. The summed E-state index contributed by atoms with van der Waals surface area (Å²) in [6, 6.07) is 6.59. The average Bonchev–Trinajstić information content (AvgIpc) is 2.61. The van der Waals surface area contributed by atoms with Gasteiger partial charge in [0, 0.05) is 20.1 Å². The number of hydrogen-bond donors (Lipinski definition) is 1. The van der Waals surface area contributed by atoms with Gasteiger partial charge in [0.15, 0.2) is 5.96 Å². The average molecular weight is 207 g/mol. The van der Waals surface area contributed by atoms with E-state index < -0.39 is 0 Å². The molecule has 3 nitrogen and oxygen atoms in total. The highest BCUT2D eigenvalue weighted by molar-refractivity contribution is 5.81. The van der Waals surface area contributed by atoms with Crippen LogP contribution in [0, 0.1) is 5.82 Å². The van der Waals surface area contributed by atoms with Crippen LogP contribution in [-0.4, -0.2) is 31.0 Å². The van der Waals surface area contributed by atoms with Gasteiger partial charge in [0.05, 0.1) is 6.54 Å². The van der Waals surface area contributed by atoms with Crippen LogP contribution in [0.1, 0.15) is 5.56 Å². The molecule has 0 aliphatic carbocycles. The summed E-state index contributed by atoms with van der Waals surface area (Å²) in [4.78, 5) is 6.35. The zero-order chi connectivity index (χ0) is 10.7. The SMILES string of the molecule is CN1CCN=C1NCc1cccc(F)c1. The lowest BCUT2D eigenvalue weighted by Crippen LogP contribution is -2.35. The molecular weight excluding hydrogens is 193 g/mol. The maximum absolute atomic E-state index is 12.9. The molecule has 0 saturated carbocycles. The number of rotatable bonds is 2. The Kier molecular flexibility index (Phi) is 2.85. The van der Waals surface area contributed by atoms with Crippen molar-refractivity contribution < 1.29 is 4.39 Å². The van der Waals surface area contributed by atoms with Gasteiger partial charge in [-0.1, -0.05) is 12.1 Å². The normalized spacial score (nSPS) is 15.3. The highest BCUT2D eigenvalue weighted by atomic mass is 19.1. The Morgan fingerprint density at radius 3 is 3.07 bits per heavy atom. The van der Waals surface area contributed by atoms with E-state index in [0.717, 1.165) is 24.6 Å². The molecule has 0 saturated heterocycles. The van der Waals surface area contributed by atoms with Crippen molar-refractivity contribution in [3.63, 3.8) is 0 Å². The van der Waals surface area contributed by atoms with Crippen LogP contribution in [-0.2, 0) is 6.54 Å². The molecule has 1 aliphatic rings. The number of halogens is 1. The molecular formula is C11H14FN3. The number of hydrogen-bond acceptors (Lipinski definition) is 3. The Morgan fingerprint density at radius 2 is 2.40 bits per heavy atom. The number of likely N-dealkylation sites (N-methyl/N-ethyl adjacent to an activating group) is 1. The number of benzene rings is 1.